The van der Waals surface area contributed by atoms with Crippen LogP contribution in [0.1, 0.15) is 59.3 Å². The van der Waals surface area contributed by atoms with Crippen molar-refractivity contribution in [2.45, 2.75) is 89.5 Å². The maximum Gasteiger partial charge on any atom is 0.326 e. The van der Waals surface area contributed by atoms with Crippen molar-refractivity contribution in [1.29, 1.82) is 0 Å². The summed E-state index contributed by atoms with van der Waals surface area (Å²) in [5, 5.41) is 17.0. The summed E-state index contributed by atoms with van der Waals surface area (Å²) in [6.45, 7) is 5.57. The summed E-state index contributed by atoms with van der Waals surface area (Å²) in [4.78, 5) is 82.1. The predicted molar refractivity (Wildman–Crippen MR) is 152 cm³/mol. The zero-order valence-corrected chi connectivity index (χ0v) is 24.5. The summed E-state index contributed by atoms with van der Waals surface area (Å²) in [5.74, 6) is -3.95. The Bertz CT molecular complexity index is 1050. The van der Waals surface area contributed by atoms with Gasteiger partial charge in [0.15, 0.2) is 5.96 Å². The van der Waals surface area contributed by atoms with E-state index in [-0.39, 0.29) is 37.3 Å². The molecule has 0 aromatic rings. The van der Waals surface area contributed by atoms with Crippen molar-refractivity contribution in [1.82, 2.24) is 25.8 Å². The maximum atomic E-state index is 12.9. The van der Waals surface area contributed by atoms with E-state index in [0.29, 0.717) is 38.6 Å². The number of hydrogen-bond acceptors (Lipinski definition) is 8. The van der Waals surface area contributed by atoms with Crippen molar-refractivity contribution in [3.05, 3.63) is 0 Å². The summed E-state index contributed by atoms with van der Waals surface area (Å²) in [5.41, 5.74) is 16.5. The topological polar surface area (TPSA) is 256 Å². The molecule has 2 aliphatic rings. The van der Waals surface area contributed by atoms with Crippen LogP contribution in [-0.4, -0.2) is 113 Å². The molecule has 236 valence electrons. The lowest BCUT2D eigenvalue weighted by Crippen LogP contribution is -2.56. The van der Waals surface area contributed by atoms with Crippen LogP contribution in [0.4, 0.5) is 0 Å². The molecule has 0 aliphatic carbocycles. The summed E-state index contributed by atoms with van der Waals surface area (Å²) in [6, 6.07) is -4.51. The number of amides is 5. The van der Waals surface area contributed by atoms with Crippen LogP contribution in [0.25, 0.3) is 0 Å². The van der Waals surface area contributed by atoms with Gasteiger partial charge in [0.05, 0.1) is 12.6 Å². The molecule has 0 aromatic heterocycles. The number of carbonyl (C=O) groups is 6. The highest BCUT2D eigenvalue weighted by molar-refractivity contribution is 5.95. The van der Waals surface area contributed by atoms with Gasteiger partial charge in [-0.3, -0.25) is 29.0 Å². The van der Waals surface area contributed by atoms with Crippen molar-refractivity contribution >= 4 is 41.5 Å². The molecule has 2 aliphatic heterocycles. The van der Waals surface area contributed by atoms with E-state index in [4.69, 9.17) is 17.2 Å². The molecule has 2 rings (SSSR count). The monoisotopic (exact) mass is 595 g/mol. The Kier molecular flexibility index (Phi) is 13.0. The van der Waals surface area contributed by atoms with Crippen LogP contribution in [0.5, 0.6) is 0 Å². The first-order chi connectivity index (χ1) is 19.7. The Morgan fingerprint density at radius 2 is 1.50 bits per heavy atom. The largest absolute Gasteiger partial charge is 0.480 e. The molecule has 10 N–H and O–H groups in total. The fourth-order valence-corrected chi connectivity index (χ4v) is 4.94. The second-order valence-electron chi connectivity index (χ2n) is 11.0. The van der Waals surface area contributed by atoms with Gasteiger partial charge in [-0.25, -0.2) is 4.79 Å². The zero-order chi connectivity index (χ0) is 31.6. The van der Waals surface area contributed by atoms with Crippen LogP contribution >= 0.6 is 0 Å². The molecule has 2 fully saturated rings. The lowest BCUT2D eigenvalue weighted by atomic mass is 10.0. The molecule has 0 bridgehead atoms. The van der Waals surface area contributed by atoms with E-state index in [0.717, 1.165) is 0 Å². The molecular formula is C26H45N9O7. The molecule has 0 saturated carbocycles. The number of aliphatic imine (C=N–C) groups is 1. The Hall–Kier alpha value is -3.95. The van der Waals surface area contributed by atoms with Gasteiger partial charge in [0, 0.05) is 19.6 Å². The third-order valence-corrected chi connectivity index (χ3v) is 7.44. The average Bonchev–Trinajstić information content (AvgIpc) is 3.62. The van der Waals surface area contributed by atoms with Crippen LogP contribution in [0.2, 0.25) is 0 Å². The number of hydrogen-bond donors (Lipinski definition) is 7. The normalized spacial score (nSPS) is 20.4. The highest BCUT2D eigenvalue weighted by Crippen LogP contribution is 2.20. The molecule has 2 heterocycles. The highest BCUT2D eigenvalue weighted by Gasteiger charge is 2.38. The minimum absolute atomic E-state index is 0.0918. The van der Waals surface area contributed by atoms with Crippen LogP contribution in [0.3, 0.4) is 0 Å². The zero-order valence-electron chi connectivity index (χ0n) is 24.5. The standard InChI is InChI=1S/C26H45N9O7/c1-14(2)20(27)24(40)35-12-6-9-18(35)22(38)32-15(3)21(37)31-13-19(36)34-11-5-8-17(34)23(39)33-16(25(41)42)7-4-10-30-26(28)29/h14-18,20H,4-13,27H2,1-3H3,(H,31,37)(H,32,38)(H,33,39)(H,41,42)(H4,28,29,30)/t15-,16-,17-,18-,20-/m0/s1. The Balaban J connectivity index is 1.87. The molecule has 16 nitrogen and oxygen atoms in total. The van der Waals surface area contributed by atoms with Gasteiger partial charge < -0.3 is 48.1 Å². The number of guanidine groups is 1. The number of nitrogens with zero attached hydrogens (tertiary/aromatic N) is 3. The van der Waals surface area contributed by atoms with E-state index >= 15 is 0 Å². The number of carboxylic acids is 1. The molecule has 0 radical (unpaired) electrons. The number of aliphatic carboxylic acids is 1. The Morgan fingerprint density at radius 3 is 2.07 bits per heavy atom. The van der Waals surface area contributed by atoms with Gasteiger partial charge in [-0.1, -0.05) is 13.8 Å². The van der Waals surface area contributed by atoms with Crippen molar-refractivity contribution < 1.29 is 33.9 Å². The number of rotatable bonds is 14. The molecule has 0 unspecified atom stereocenters. The fourth-order valence-electron chi connectivity index (χ4n) is 4.94. The molecule has 0 spiro atoms. The molecule has 5 atom stereocenters. The summed E-state index contributed by atoms with van der Waals surface area (Å²) >= 11 is 0. The summed E-state index contributed by atoms with van der Waals surface area (Å²) in [7, 11) is 0. The lowest BCUT2D eigenvalue weighted by molar-refractivity contribution is -0.144. The van der Waals surface area contributed by atoms with Gasteiger partial charge >= 0.3 is 5.97 Å². The van der Waals surface area contributed by atoms with Crippen molar-refractivity contribution in [2.75, 3.05) is 26.2 Å². The molecule has 2 saturated heterocycles. The van der Waals surface area contributed by atoms with E-state index in [2.05, 4.69) is 20.9 Å². The maximum absolute atomic E-state index is 12.9. The van der Waals surface area contributed by atoms with Crippen molar-refractivity contribution in [2.24, 2.45) is 28.1 Å². The van der Waals surface area contributed by atoms with Crippen LogP contribution in [0.15, 0.2) is 4.99 Å². The van der Waals surface area contributed by atoms with E-state index in [1.54, 1.807) is 0 Å². The van der Waals surface area contributed by atoms with Crippen LogP contribution < -0.4 is 33.2 Å². The first-order valence-corrected chi connectivity index (χ1v) is 14.3. The van der Waals surface area contributed by atoms with E-state index < -0.39 is 66.4 Å². The van der Waals surface area contributed by atoms with Gasteiger partial charge in [-0.05, 0) is 51.4 Å². The first-order valence-electron chi connectivity index (χ1n) is 14.3. The SMILES string of the molecule is CC(C)[C@H](N)C(=O)N1CCC[C@H]1C(=O)N[C@@H](C)C(=O)NCC(=O)N1CCC[C@H]1C(=O)N[C@@H](CCCN=C(N)N)C(=O)O. The fraction of sp³-hybridized carbons (Fsp3) is 0.731. The van der Waals surface area contributed by atoms with Crippen molar-refractivity contribution in [3.8, 4) is 0 Å². The Labute approximate surface area is 245 Å². The van der Waals surface area contributed by atoms with Gasteiger partial charge in [0.2, 0.25) is 29.5 Å². The predicted octanol–water partition coefficient (Wildman–Crippen LogP) is -2.80. The number of carbonyl (C=O) groups excluding carboxylic acids is 5. The Morgan fingerprint density at radius 1 is 0.929 bits per heavy atom. The molecular weight excluding hydrogens is 550 g/mol. The van der Waals surface area contributed by atoms with E-state index in [1.807, 2.05) is 13.8 Å². The molecule has 42 heavy (non-hydrogen) atoms. The third-order valence-electron chi connectivity index (χ3n) is 7.44. The smallest absolute Gasteiger partial charge is 0.326 e. The summed E-state index contributed by atoms with van der Waals surface area (Å²) < 4.78 is 0. The first kappa shape index (κ1) is 34.3. The average molecular weight is 596 g/mol. The lowest BCUT2D eigenvalue weighted by Gasteiger charge is -2.29. The van der Waals surface area contributed by atoms with Gasteiger partial charge in [0.25, 0.3) is 0 Å². The van der Waals surface area contributed by atoms with Gasteiger partial charge in [-0.15, -0.1) is 0 Å². The van der Waals surface area contributed by atoms with E-state index in [1.165, 1.54) is 16.7 Å². The molecule has 16 heteroatoms. The van der Waals surface area contributed by atoms with Crippen molar-refractivity contribution in [3.63, 3.8) is 0 Å². The molecule has 0 aromatic carbocycles. The highest BCUT2D eigenvalue weighted by atomic mass is 16.4. The van der Waals surface area contributed by atoms with Gasteiger partial charge in [0.1, 0.15) is 24.2 Å². The molecule has 5 amide bonds. The second kappa shape index (κ2) is 15.9. The minimum atomic E-state index is -1.22. The number of nitrogens with one attached hydrogen (secondary N) is 3. The van der Waals surface area contributed by atoms with Crippen LogP contribution in [-0.2, 0) is 28.8 Å². The van der Waals surface area contributed by atoms with E-state index in [9.17, 15) is 33.9 Å². The van der Waals surface area contributed by atoms with Gasteiger partial charge in [-0.2, -0.15) is 0 Å². The minimum Gasteiger partial charge on any atom is -0.480 e. The van der Waals surface area contributed by atoms with Crippen LogP contribution in [0, 0.1) is 5.92 Å². The number of carboxylic acid groups (broad SMARTS) is 1. The third kappa shape index (κ3) is 9.56. The summed E-state index contributed by atoms with van der Waals surface area (Å²) in [6.07, 6.45) is 2.38. The quantitative estimate of drug-likeness (QED) is 0.0616. The number of nitrogens with two attached hydrogens (primary N) is 3. The number of likely N-dealkylation sites (tertiary alicyclic amines) is 2. The second-order valence-corrected chi connectivity index (χ2v) is 11.0.